The molecule has 0 spiro atoms. The van der Waals surface area contributed by atoms with E-state index in [2.05, 4.69) is 12.2 Å². The molecule has 0 unspecified atom stereocenters. The summed E-state index contributed by atoms with van der Waals surface area (Å²) in [6, 6.07) is 0. The minimum absolute atomic E-state index is 0.0928. The molecule has 0 aliphatic carbocycles. The molecule has 0 atom stereocenters. The number of unbranched alkanes of at least 4 members (excludes halogenated alkanes) is 4. The molecular weight excluding hydrogens is 174 g/mol. The molecule has 0 aromatic rings. The van der Waals surface area contributed by atoms with Gasteiger partial charge in [-0.05, 0) is 27.2 Å². The Kier molecular flexibility index (Phi) is 6.60. The standard InChI is InChI=1S/C12H24NO/c1-5-6-7-8-9-10-11(14)13-12(2,3)4/h1,5-10H2,2-4H3,(H,13,14). The lowest BCUT2D eigenvalue weighted by atomic mass is 10.1. The summed E-state index contributed by atoms with van der Waals surface area (Å²) in [6.45, 7) is 9.81. The molecule has 0 aromatic carbocycles. The molecule has 2 heteroatoms. The lowest BCUT2D eigenvalue weighted by molar-refractivity contribution is -0.122. The van der Waals surface area contributed by atoms with E-state index in [-0.39, 0.29) is 11.4 Å². The van der Waals surface area contributed by atoms with Gasteiger partial charge in [-0.25, -0.2) is 0 Å². The van der Waals surface area contributed by atoms with Crippen LogP contribution < -0.4 is 5.32 Å². The van der Waals surface area contributed by atoms with Gasteiger partial charge in [-0.3, -0.25) is 4.79 Å². The van der Waals surface area contributed by atoms with E-state index >= 15 is 0 Å². The average molecular weight is 198 g/mol. The van der Waals surface area contributed by atoms with Gasteiger partial charge in [0, 0.05) is 12.0 Å². The topological polar surface area (TPSA) is 29.1 Å². The van der Waals surface area contributed by atoms with Gasteiger partial charge in [0.25, 0.3) is 0 Å². The van der Waals surface area contributed by atoms with Gasteiger partial charge >= 0.3 is 0 Å². The molecule has 1 amide bonds. The maximum absolute atomic E-state index is 11.4. The Morgan fingerprint density at radius 3 is 2.21 bits per heavy atom. The van der Waals surface area contributed by atoms with Crippen molar-refractivity contribution in [1.29, 1.82) is 0 Å². The lowest BCUT2D eigenvalue weighted by Crippen LogP contribution is -2.40. The molecule has 0 fully saturated rings. The Morgan fingerprint density at radius 2 is 1.71 bits per heavy atom. The Labute approximate surface area is 88.5 Å². The lowest BCUT2D eigenvalue weighted by Gasteiger charge is -2.20. The smallest absolute Gasteiger partial charge is 0.220 e. The summed E-state index contributed by atoms with van der Waals surface area (Å²) < 4.78 is 0. The maximum Gasteiger partial charge on any atom is 0.220 e. The van der Waals surface area contributed by atoms with E-state index in [0.717, 1.165) is 19.3 Å². The van der Waals surface area contributed by atoms with Crippen molar-refractivity contribution in [3.63, 3.8) is 0 Å². The van der Waals surface area contributed by atoms with E-state index < -0.39 is 0 Å². The predicted octanol–water partition coefficient (Wildman–Crippen LogP) is 3.08. The fourth-order valence-corrected chi connectivity index (χ4v) is 1.30. The zero-order valence-electron chi connectivity index (χ0n) is 9.86. The fourth-order valence-electron chi connectivity index (χ4n) is 1.30. The van der Waals surface area contributed by atoms with Crippen molar-refractivity contribution in [2.24, 2.45) is 0 Å². The highest BCUT2D eigenvalue weighted by atomic mass is 16.1. The zero-order valence-corrected chi connectivity index (χ0v) is 9.86. The second-order valence-corrected chi connectivity index (χ2v) is 4.82. The first-order valence-corrected chi connectivity index (χ1v) is 5.56. The van der Waals surface area contributed by atoms with Gasteiger partial charge in [-0.1, -0.05) is 32.6 Å². The Morgan fingerprint density at radius 1 is 1.14 bits per heavy atom. The highest BCUT2D eigenvalue weighted by Crippen LogP contribution is 2.06. The number of amides is 1. The van der Waals surface area contributed by atoms with E-state index in [1.807, 2.05) is 20.8 Å². The second-order valence-electron chi connectivity index (χ2n) is 4.82. The minimum Gasteiger partial charge on any atom is -0.352 e. The Hall–Kier alpha value is -0.530. The third-order valence-corrected chi connectivity index (χ3v) is 1.92. The van der Waals surface area contributed by atoms with Crippen LogP contribution in [-0.4, -0.2) is 11.4 Å². The number of carbonyl (C=O) groups is 1. The van der Waals surface area contributed by atoms with Gasteiger partial charge in [-0.2, -0.15) is 0 Å². The van der Waals surface area contributed by atoms with Crippen LogP contribution in [0.1, 0.15) is 59.3 Å². The number of nitrogens with one attached hydrogen (secondary N) is 1. The van der Waals surface area contributed by atoms with Crippen molar-refractivity contribution in [3.8, 4) is 0 Å². The van der Waals surface area contributed by atoms with Crippen LogP contribution in [0.25, 0.3) is 0 Å². The van der Waals surface area contributed by atoms with Gasteiger partial charge in [0.05, 0.1) is 0 Å². The predicted molar refractivity (Wildman–Crippen MR) is 61.0 cm³/mol. The van der Waals surface area contributed by atoms with E-state index in [1.54, 1.807) is 0 Å². The van der Waals surface area contributed by atoms with E-state index in [4.69, 9.17) is 0 Å². The van der Waals surface area contributed by atoms with Gasteiger partial charge in [0.2, 0.25) is 5.91 Å². The molecule has 83 valence electrons. The molecule has 0 aromatic heterocycles. The summed E-state index contributed by atoms with van der Waals surface area (Å²) in [5.74, 6) is 0.173. The largest absolute Gasteiger partial charge is 0.352 e. The van der Waals surface area contributed by atoms with Crippen LogP contribution in [-0.2, 0) is 4.79 Å². The number of carbonyl (C=O) groups excluding carboxylic acids is 1. The first-order valence-electron chi connectivity index (χ1n) is 5.56. The summed E-state index contributed by atoms with van der Waals surface area (Å²) in [5, 5.41) is 2.96. The maximum atomic E-state index is 11.4. The van der Waals surface area contributed by atoms with Crippen LogP contribution in [0.3, 0.4) is 0 Å². The molecule has 0 aliphatic heterocycles. The molecule has 0 bridgehead atoms. The van der Waals surface area contributed by atoms with Gasteiger partial charge in [-0.15, -0.1) is 0 Å². The molecule has 2 nitrogen and oxygen atoms in total. The van der Waals surface area contributed by atoms with E-state index in [0.29, 0.717) is 6.42 Å². The quantitative estimate of drug-likeness (QED) is 0.653. The summed E-state index contributed by atoms with van der Waals surface area (Å²) in [7, 11) is 0. The highest BCUT2D eigenvalue weighted by Gasteiger charge is 2.12. The molecule has 0 aliphatic rings. The summed E-state index contributed by atoms with van der Waals surface area (Å²) in [6.07, 6.45) is 6.20. The molecule has 0 saturated heterocycles. The van der Waals surface area contributed by atoms with Crippen LogP contribution in [0.2, 0.25) is 0 Å². The molecule has 1 radical (unpaired) electrons. The van der Waals surface area contributed by atoms with E-state index in [1.165, 1.54) is 12.8 Å². The Bertz CT molecular complexity index is 158. The van der Waals surface area contributed by atoms with Crippen LogP contribution in [0.4, 0.5) is 0 Å². The molecule has 0 saturated carbocycles. The van der Waals surface area contributed by atoms with Crippen LogP contribution in [0, 0.1) is 6.92 Å². The zero-order chi connectivity index (χ0) is 11.0. The Balaban J connectivity index is 3.36. The normalized spacial score (nSPS) is 11.4. The molecular formula is C12H24NO. The van der Waals surface area contributed by atoms with Crippen molar-refractivity contribution >= 4 is 5.91 Å². The van der Waals surface area contributed by atoms with Crippen LogP contribution in [0.15, 0.2) is 0 Å². The van der Waals surface area contributed by atoms with Gasteiger partial charge in [0.1, 0.15) is 0 Å². The van der Waals surface area contributed by atoms with E-state index in [9.17, 15) is 4.79 Å². The van der Waals surface area contributed by atoms with Gasteiger partial charge in [0.15, 0.2) is 0 Å². The third-order valence-electron chi connectivity index (χ3n) is 1.92. The van der Waals surface area contributed by atoms with Crippen molar-refractivity contribution in [1.82, 2.24) is 5.32 Å². The fraction of sp³-hybridized carbons (Fsp3) is 0.833. The molecule has 14 heavy (non-hydrogen) atoms. The molecule has 0 heterocycles. The summed E-state index contributed by atoms with van der Waals surface area (Å²) >= 11 is 0. The van der Waals surface area contributed by atoms with Crippen molar-refractivity contribution in [3.05, 3.63) is 6.92 Å². The molecule has 1 N–H and O–H groups in total. The van der Waals surface area contributed by atoms with Crippen LogP contribution in [0.5, 0.6) is 0 Å². The third kappa shape index (κ3) is 9.56. The van der Waals surface area contributed by atoms with Crippen molar-refractivity contribution < 1.29 is 4.79 Å². The molecule has 0 rings (SSSR count). The van der Waals surface area contributed by atoms with Crippen LogP contribution >= 0.6 is 0 Å². The summed E-state index contributed by atoms with van der Waals surface area (Å²) in [5.41, 5.74) is -0.0928. The highest BCUT2D eigenvalue weighted by molar-refractivity contribution is 5.76. The SMILES string of the molecule is [CH2]CCCCCCC(=O)NC(C)(C)C. The first kappa shape index (κ1) is 13.5. The minimum atomic E-state index is -0.0928. The van der Waals surface area contributed by atoms with Crippen molar-refractivity contribution in [2.75, 3.05) is 0 Å². The van der Waals surface area contributed by atoms with Gasteiger partial charge < -0.3 is 5.32 Å². The summed E-state index contributed by atoms with van der Waals surface area (Å²) in [4.78, 5) is 11.4. The second kappa shape index (κ2) is 6.86. The first-order chi connectivity index (χ1) is 6.45. The average Bonchev–Trinajstić information content (AvgIpc) is 2.00. The number of hydrogen-bond donors (Lipinski definition) is 1. The monoisotopic (exact) mass is 198 g/mol. The van der Waals surface area contributed by atoms with Crippen molar-refractivity contribution in [2.45, 2.75) is 64.8 Å². The number of hydrogen-bond acceptors (Lipinski definition) is 1. The number of rotatable bonds is 6.